The SMILES string of the molecule is CCN(CCC(C)=O)CCC(O)CCN. The number of rotatable bonds is 9. The molecule has 4 heteroatoms. The minimum atomic E-state index is -0.304. The summed E-state index contributed by atoms with van der Waals surface area (Å²) in [6.45, 7) is 6.75. The Morgan fingerprint density at radius 2 is 2.07 bits per heavy atom. The molecule has 0 aliphatic heterocycles. The molecule has 0 saturated heterocycles. The van der Waals surface area contributed by atoms with Crippen molar-refractivity contribution in [2.75, 3.05) is 26.2 Å². The van der Waals surface area contributed by atoms with E-state index in [1.165, 1.54) is 0 Å². The van der Waals surface area contributed by atoms with E-state index >= 15 is 0 Å². The Morgan fingerprint density at radius 3 is 2.53 bits per heavy atom. The van der Waals surface area contributed by atoms with Gasteiger partial charge in [0.15, 0.2) is 0 Å². The van der Waals surface area contributed by atoms with Gasteiger partial charge >= 0.3 is 0 Å². The molecule has 0 aliphatic rings. The monoisotopic (exact) mass is 216 g/mol. The lowest BCUT2D eigenvalue weighted by atomic mass is 10.1. The summed E-state index contributed by atoms with van der Waals surface area (Å²) in [6.07, 6.45) is 1.69. The highest BCUT2D eigenvalue weighted by Gasteiger charge is 2.07. The molecule has 0 heterocycles. The second-order valence-electron chi connectivity index (χ2n) is 3.91. The van der Waals surface area contributed by atoms with E-state index in [1.54, 1.807) is 6.92 Å². The van der Waals surface area contributed by atoms with Crippen LogP contribution in [-0.2, 0) is 4.79 Å². The second kappa shape index (κ2) is 8.83. The van der Waals surface area contributed by atoms with Gasteiger partial charge in [0.05, 0.1) is 6.10 Å². The highest BCUT2D eigenvalue weighted by atomic mass is 16.3. The second-order valence-corrected chi connectivity index (χ2v) is 3.91. The number of hydrogen-bond acceptors (Lipinski definition) is 4. The maximum absolute atomic E-state index is 10.8. The molecule has 90 valence electrons. The van der Waals surface area contributed by atoms with E-state index in [9.17, 15) is 9.90 Å². The van der Waals surface area contributed by atoms with Gasteiger partial charge in [-0.15, -0.1) is 0 Å². The van der Waals surface area contributed by atoms with Crippen LogP contribution in [0, 0.1) is 0 Å². The number of aliphatic hydroxyl groups excluding tert-OH is 1. The first-order valence-electron chi connectivity index (χ1n) is 5.70. The Hall–Kier alpha value is -0.450. The average molecular weight is 216 g/mol. The Labute approximate surface area is 92.4 Å². The van der Waals surface area contributed by atoms with Crippen LogP contribution in [0.3, 0.4) is 0 Å². The predicted molar refractivity (Wildman–Crippen MR) is 61.7 cm³/mol. The van der Waals surface area contributed by atoms with Crippen molar-refractivity contribution in [1.82, 2.24) is 4.90 Å². The number of aliphatic hydroxyl groups is 1. The zero-order chi connectivity index (χ0) is 11.7. The van der Waals surface area contributed by atoms with E-state index in [-0.39, 0.29) is 11.9 Å². The number of Topliss-reactive ketones (excluding diaryl/α,β-unsaturated/α-hetero) is 1. The van der Waals surface area contributed by atoms with E-state index < -0.39 is 0 Å². The van der Waals surface area contributed by atoms with E-state index in [2.05, 4.69) is 11.8 Å². The minimum absolute atomic E-state index is 0.218. The van der Waals surface area contributed by atoms with Gasteiger partial charge in [-0.1, -0.05) is 6.92 Å². The quantitative estimate of drug-likeness (QED) is 0.585. The van der Waals surface area contributed by atoms with Gasteiger partial charge in [0.25, 0.3) is 0 Å². The van der Waals surface area contributed by atoms with Gasteiger partial charge in [0.2, 0.25) is 0 Å². The molecule has 1 atom stereocenters. The fraction of sp³-hybridized carbons (Fsp3) is 0.909. The van der Waals surface area contributed by atoms with Gasteiger partial charge in [-0.2, -0.15) is 0 Å². The third kappa shape index (κ3) is 8.54. The Balaban J connectivity index is 3.64. The molecule has 1 unspecified atom stereocenters. The van der Waals surface area contributed by atoms with Crippen molar-refractivity contribution < 1.29 is 9.90 Å². The van der Waals surface area contributed by atoms with Gasteiger partial charge in [-0.3, -0.25) is 4.79 Å². The lowest BCUT2D eigenvalue weighted by molar-refractivity contribution is -0.117. The summed E-state index contributed by atoms with van der Waals surface area (Å²) in [5, 5.41) is 9.50. The topological polar surface area (TPSA) is 66.6 Å². The van der Waals surface area contributed by atoms with Crippen LogP contribution in [0.15, 0.2) is 0 Å². The number of nitrogens with zero attached hydrogens (tertiary/aromatic N) is 1. The molecule has 0 saturated carbocycles. The van der Waals surface area contributed by atoms with E-state index in [1.807, 2.05) is 0 Å². The molecule has 0 aromatic rings. The van der Waals surface area contributed by atoms with Crippen LogP contribution in [-0.4, -0.2) is 48.1 Å². The molecular formula is C11H24N2O2. The first-order chi connectivity index (χ1) is 7.10. The third-order valence-corrected chi connectivity index (χ3v) is 2.51. The highest BCUT2D eigenvalue weighted by Crippen LogP contribution is 2.00. The fourth-order valence-corrected chi connectivity index (χ4v) is 1.41. The number of carbonyl (C=O) groups excluding carboxylic acids is 1. The zero-order valence-electron chi connectivity index (χ0n) is 9.91. The molecule has 0 radical (unpaired) electrons. The summed E-state index contributed by atoms with van der Waals surface area (Å²) in [7, 11) is 0. The van der Waals surface area contributed by atoms with E-state index in [0.29, 0.717) is 19.4 Å². The normalized spacial score (nSPS) is 13.1. The van der Waals surface area contributed by atoms with Crippen LogP contribution >= 0.6 is 0 Å². The molecule has 0 aromatic carbocycles. The van der Waals surface area contributed by atoms with Crippen molar-refractivity contribution in [3.63, 3.8) is 0 Å². The fourth-order valence-electron chi connectivity index (χ4n) is 1.41. The summed E-state index contributed by atoms with van der Waals surface area (Å²) in [6, 6.07) is 0. The standard InChI is InChI=1S/C11H24N2O2/c1-3-13(8-5-10(2)14)9-6-11(15)4-7-12/h11,15H,3-9,12H2,1-2H3. The summed E-state index contributed by atoms with van der Waals surface area (Å²) in [5.74, 6) is 0.218. The third-order valence-electron chi connectivity index (χ3n) is 2.51. The Bertz CT molecular complexity index is 174. The smallest absolute Gasteiger partial charge is 0.131 e. The number of hydrogen-bond donors (Lipinski definition) is 2. The van der Waals surface area contributed by atoms with Gasteiger partial charge in [-0.05, 0) is 32.9 Å². The number of ketones is 1. The molecule has 15 heavy (non-hydrogen) atoms. The Kier molecular flexibility index (Phi) is 8.56. The highest BCUT2D eigenvalue weighted by molar-refractivity contribution is 5.75. The number of carbonyl (C=O) groups is 1. The van der Waals surface area contributed by atoms with Crippen molar-refractivity contribution in [1.29, 1.82) is 0 Å². The predicted octanol–water partition coefficient (Wildman–Crippen LogP) is 0.387. The van der Waals surface area contributed by atoms with Gasteiger partial charge in [0.1, 0.15) is 5.78 Å². The van der Waals surface area contributed by atoms with Crippen LogP contribution < -0.4 is 5.73 Å². The first-order valence-corrected chi connectivity index (χ1v) is 5.70. The van der Waals surface area contributed by atoms with E-state index in [0.717, 1.165) is 26.1 Å². The van der Waals surface area contributed by atoms with Crippen molar-refractivity contribution >= 4 is 5.78 Å². The summed E-state index contributed by atoms with van der Waals surface area (Å²) in [5.41, 5.74) is 5.35. The van der Waals surface area contributed by atoms with Gasteiger partial charge < -0.3 is 15.7 Å². The van der Waals surface area contributed by atoms with Crippen LogP contribution in [0.1, 0.15) is 33.1 Å². The zero-order valence-corrected chi connectivity index (χ0v) is 9.91. The minimum Gasteiger partial charge on any atom is -0.393 e. The first kappa shape index (κ1) is 14.6. The number of nitrogens with two attached hydrogens (primary N) is 1. The molecule has 0 rings (SSSR count). The van der Waals surface area contributed by atoms with Crippen molar-refractivity contribution in [2.24, 2.45) is 5.73 Å². The summed E-state index contributed by atoms with van der Waals surface area (Å²) >= 11 is 0. The molecule has 0 spiro atoms. The molecule has 0 amide bonds. The maximum atomic E-state index is 10.8. The van der Waals surface area contributed by atoms with Crippen LogP contribution in [0.2, 0.25) is 0 Å². The summed E-state index contributed by atoms with van der Waals surface area (Å²) in [4.78, 5) is 13.0. The molecule has 0 aromatic heterocycles. The average Bonchev–Trinajstić information content (AvgIpc) is 2.18. The lowest BCUT2D eigenvalue weighted by Crippen LogP contribution is -2.29. The van der Waals surface area contributed by atoms with Crippen LogP contribution in [0.4, 0.5) is 0 Å². The van der Waals surface area contributed by atoms with Crippen LogP contribution in [0.25, 0.3) is 0 Å². The van der Waals surface area contributed by atoms with Crippen molar-refractivity contribution in [3.05, 3.63) is 0 Å². The van der Waals surface area contributed by atoms with E-state index in [4.69, 9.17) is 5.73 Å². The van der Waals surface area contributed by atoms with Gasteiger partial charge in [0, 0.05) is 19.5 Å². The van der Waals surface area contributed by atoms with Gasteiger partial charge in [-0.25, -0.2) is 0 Å². The van der Waals surface area contributed by atoms with Crippen LogP contribution in [0.5, 0.6) is 0 Å². The molecule has 4 nitrogen and oxygen atoms in total. The molecule has 0 fully saturated rings. The summed E-state index contributed by atoms with van der Waals surface area (Å²) < 4.78 is 0. The maximum Gasteiger partial charge on any atom is 0.131 e. The van der Waals surface area contributed by atoms with Crippen molar-refractivity contribution in [2.45, 2.75) is 39.2 Å². The van der Waals surface area contributed by atoms with Crippen molar-refractivity contribution in [3.8, 4) is 0 Å². The molecule has 0 aliphatic carbocycles. The molecular weight excluding hydrogens is 192 g/mol. The Morgan fingerprint density at radius 1 is 1.40 bits per heavy atom. The largest absolute Gasteiger partial charge is 0.393 e. The molecule has 3 N–H and O–H groups in total. The molecule has 0 bridgehead atoms. The lowest BCUT2D eigenvalue weighted by Gasteiger charge is -2.21.